The minimum atomic E-state index is -0.0552. The van der Waals surface area contributed by atoms with Crippen LogP contribution >= 0.6 is 0 Å². The molecule has 3 rings (SSSR count). The van der Waals surface area contributed by atoms with Crippen molar-refractivity contribution in [3.63, 3.8) is 0 Å². The molecule has 2 aromatic rings. The van der Waals surface area contributed by atoms with Crippen LogP contribution in [0.15, 0.2) is 28.8 Å². The highest BCUT2D eigenvalue weighted by molar-refractivity contribution is 5.56. The first-order chi connectivity index (χ1) is 9.73. The van der Waals surface area contributed by atoms with Crippen molar-refractivity contribution in [2.45, 2.75) is 31.6 Å². The van der Waals surface area contributed by atoms with E-state index in [1.165, 1.54) is 0 Å². The van der Waals surface area contributed by atoms with Gasteiger partial charge in [0.25, 0.3) is 0 Å². The van der Waals surface area contributed by atoms with Crippen LogP contribution in [-0.4, -0.2) is 28.3 Å². The van der Waals surface area contributed by atoms with E-state index in [1.54, 1.807) is 18.2 Å². The lowest BCUT2D eigenvalue weighted by Gasteiger charge is -2.33. The Morgan fingerprint density at radius 1 is 1.45 bits per heavy atom. The Morgan fingerprint density at radius 3 is 3.05 bits per heavy atom. The summed E-state index contributed by atoms with van der Waals surface area (Å²) in [5, 5.41) is 17.0. The number of rotatable bonds is 3. The van der Waals surface area contributed by atoms with E-state index in [1.807, 2.05) is 6.07 Å². The van der Waals surface area contributed by atoms with Gasteiger partial charge in [-0.05, 0) is 37.9 Å². The maximum Gasteiger partial charge on any atom is 0.234 e. The van der Waals surface area contributed by atoms with Gasteiger partial charge in [0.15, 0.2) is 0 Å². The first kappa shape index (κ1) is 13.1. The Labute approximate surface area is 118 Å². The maximum atomic E-state index is 9.53. The number of piperidine rings is 1. The van der Waals surface area contributed by atoms with Gasteiger partial charge in [0.2, 0.25) is 11.7 Å². The number of phenolic OH excluding ortho intramolecular Hbond substituents is 1. The molecule has 20 heavy (non-hydrogen) atoms. The van der Waals surface area contributed by atoms with Crippen LogP contribution in [0.5, 0.6) is 5.75 Å². The molecule has 1 aliphatic heterocycles. The van der Waals surface area contributed by atoms with Crippen molar-refractivity contribution in [3.8, 4) is 17.1 Å². The first-order valence-electron chi connectivity index (χ1n) is 7.08. The molecule has 1 unspecified atom stereocenters. The molecule has 106 valence electrons. The monoisotopic (exact) mass is 273 g/mol. The quantitative estimate of drug-likeness (QED) is 0.899. The average Bonchev–Trinajstić information content (AvgIpc) is 2.98. The molecule has 1 saturated heterocycles. The van der Waals surface area contributed by atoms with E-state index in [9.17, 15) is 5.11 Å². The third-order valence-corrected chi connectivity index (χ3v) is 4.13. The van der Waals surface area contributed by atoms with Gasteiger partial charge in [0.05, 0.1) is 5.41 Å². The fraction of sp³-hybridized carbons (Fsp3) is 0.467. The summed E-state index contributed by atoms with van der Waals surface area (Å²) in [5.41, 5.74) is 0.718. The predicted octanol–water partition coefficient (Wildman–Crippen LogP) is 2.47. The molecular weight excluding hydrogens is 254 g/mol. The average molecular weight is 273 g/mol. The van der Waals surface area contributed by atoms with Crippen molar-refractivity contribution >= 4 is 0 Å². The van der Waals surface area contributed by atoms with E-state index in [0.717, 1.165) is 37.9 Å². The van der Waals surface area contributed by atoms with E-state index in [4.69, 9.17) is 4.52 Å². The second-order valence-electron chi connectivity index (χ2n) is 5.39. The largest absolute Gasteiger partial charge is 0.508 e. The summed E-state index contributed by atoms with van der Waals surface area (Å²) in [6, 6.07) is 6.92. The topological polar surface area (TPSA) is 71.2 Å². The number of benzene rings is 1. The fourth-order valence-electron chi connectivity index (χ4n) is 2.80. The van der Waals surface area contributed by atoms with Crippen molar-refractivity contribution < 1.29 is 9.63 Å². The molecule has 2 N–H and O–H groups in total. The maximum absolute atomic E-state index is 9.53. The molecule has 0 radical (unpaired) electrons. The molecule has 0 saturated carbocycles. The summed E-state index contributed by atoms with van der Waals surface area (Å²) in [7, 11) is 0. The molecule has 1 atom stereocenters. The molecule has 0 aliphatic carbocycles. The highest BCUT2D eigenvalue weighted by Crippen LogP contribution is 2.34. The minimum Gasteiger partial charge on any atom is -0.508 e. The zero-order chi connectivity index (χ0) is 14.0. The molecule has 5 nitrogen and oxygen atoms in total. The van der Waals surface area contributed by atoms with Crippen molar-refractivity contribution in [1.29, 1.82) is 0 Å². The number of nitrogens with zero attached hydrogens (tertiary/aromatic N) is 2. The molecule has 1 aliphatic rings. The molecule has 0 bridgehead atoms. The Bertz CT molecular complexity index is 588. The van der Waals surface area contributed by atoms with E-state index < -0.39 is 0 Å². The van der Waals surface area contributed by atoms with Crippen LogP contribution < -0.4 is 5.32 Å². The summed E-state index contributed by atoms with van der Waals surface area (Å²) >= 11 is 0. The molecule has 1 aromatic heterocycles. The number of aromatic hydroxyl groups is 1. The summed E-state index contributed by atoms with van der Waals surface area (Å²) in [5.74, 6) is 1.44. The Balaban J connectivity index is 1.93. The standard InChI is InChI=1S/C15H19N3O2/c1-2-15(7-4-8-16-10-15)14-17-13(18-20-14)11-5-3-6-12(19)9-11/h3,5-6,9,16,19H,2,4,7-8,10H2,1H3. The third kappa shape index (κ3) is 2.29. The Hall–Kier alpha value is -1.88. The van der Waals surface area contributed by atoms with Crippen LogP contribution in [0.4, 0.5) is 0 Å². The van der Waals surface area contributed by atoms with Crippen molar-refractivity contribution in [2.75, 3.05) is 13.1 Å². The molecule has 2 heterocycles. The summed E-state index contributed by atoms with van der Waals surface area (Å²) in [6.45, 7) is 4.09. The van der Waals surface area contributed by atoms with E-state index in [-0.39, 0.29) is 11.2 Å². The van der Waals surface area contributed by atoms with Gasteiger partial charge in [-0.1, -0.05) is 24.2 Å². The Morgan fingerprint density at radius 2 is 2.35 bits per heavy atom. The second kappa shape index (κ2) is 5.25. The molecular formula is C15H19N3O2. The number of nitrogens with one attached hydrogen (secondary N) is 1. The highest BCUT2D eigenvalue weighted by Gasteiger charge is 2.37. The Kier molecular flexibility index (Phi) is 3.44. The summed E-state index contributed by atoms with van der Waals surface area (Å²) in [4.78, 5) is 4.56. The lowest BCUT2D eigenvalue weighted by Crippen LogP contribution is -2.43. The van der Waals surface area contributed by atoms with Gasteiger partial charge in [-0.2, -0.15) is 4.98 Å². The summed E-state index contributed by atoms with van der Waals surface area (Å²) in [6.07, 6.45) is 3.16. The van der Waals surface area contributed by atoms with Gasteiger partial charge in [0.1, 0.15) is 5.75 Å². The highest BCUT2D eigenvalue weighted by atomic mass is 16.5. The van der Waals surface area contributed by atoms with Crippen LogP contribution in [0.25, 0.3) is 11.4 Å². The molecule has 5 heteroatoms. The van der Waals surface area contributed by atoms with Gasteiger partial charge in [-0.3, -0.25) is 0 Å². The smallest absolute Gasteiger partial charge is 0.234 e. The number of phenols is 1. The number of hydrogen-bond acceptors (Lipinski definition) is 5. The lowest BCUT2D eigenvalue weighted by atomic mass is 9.78. The second-order valence-corrected chi connectivity index (χ2v) is 5.39. The zero-order valence-electron chi connectivity index (χ0n) is 11.6. The van der Waals surface area contributed by atoms with Crippen LogP contribution in [-0.2, 0) is 5.41 Å². The van der Waals surface area contributed by atoms with Crippen LogP contribution in [0.1, 0.15) is 32.1 Å². The van der Waals surface area contributed by atoms with E-state index in [0.29, 0.717) is 11.7 Å². The fourth-order valence-corrected chi connectivity index (χ4v) is 2.80. The first-order valence-corrected chi connectivity index (χ1v) is 7.08. The normalized spacial score (nSPS) is 22.9. The summed E-state index contributed by atoms with van der Waals surface area (Å²) < 4.78 is 5.51. The van der Waals surface area contributed by atoms with Gasteiger partial charge in [-0.15, -0.1) is 0 Å². The third-order valence-electron chi connectivity index (χ3n) is 4.13. The van der Waals surface area contributed by atoms with Crippen LogP contribution in [0.3, 0.4) is 0 Å². The van der Waals surface area contributed by atoms with Crippen LogP contribution in [0.2, 0.25) is 0 Å². The number of aromatic nitrogens is 2. The van der Waals surface area contributed by atoms with Gasteiger partial charge >= 0.3 is 0 Å². The SMILES string of the molecule is CCC1(c2nc(-c3cccc(O)c3)no2)CCCNC1. The van der Waals surface area contributed by atoms with Crippen molar-refractivity contribution in [3.05, 3.63) is 30.2 Å². The minimum absolute atomic E-state index is 0.0552. The van der Waals surface area contributed by atoms with E-state index >= 15 is 0 Å². The van der Waals surface area contributed by atoms with Gasteiger partial charge in [0, 0.05) is 12.1 Å². The lowest BCUT2D eigenvalue weighted by molar-refractivity contribution is 0.221. The number of hydrogen-bond donors (Lipinski definition) is 2. The predicted molar refractivity (Wildman–Crippen MR) is 75.5 cm³/mol. The zero-order valence-corrected chi connectivity index (χ0v) is 11.6. The van der Waals surface area contributed by atoms with E-state index in [2.05, 4.69) is 22.4 Å². The van der Waals surface area contributed by atoms with Crippen molar-refractivity contribution in [1.82, 2.24) is 15.5 Å². The van der Waals surface area contributed by atoms with Crippen LogP contribution in [0, 0.1) is 0 Å². The molecule has 0 amide bonds. The van der Waals surface area contributed by atoms with Gasteiger partial charge < -0.3 is 14.9 Å². The van der Waals surface area contributed by atoms with Gasteiger partial charge in [-0.25, -0.2) is 0 Å². The molecule has 1 fully saturated rings. The molecule has 1 aromatic carbocycles. The molecule has 0 spiro atoms. The van der Waals surface area contributed by atoms with Crippen molar-refractivity contribution in [2.24, 2.45) is 0 Å².